The molecule has 2 amide bonds. The highest BCUT2D eigenvalue weighted by atomic mass is 32.2. The Balaban J connectivity index is 3.39. The van der Waals surface area contributed by atoms with Crippen molar-refractivity contribution in [3.8, 4) is 11.5 Å². The van der Waals surface area contributed by atoms with E-state index in [1.54, 1.807) is 18.9 Å². The summed E-state index contributed by atoms with van der Waals surface area (Å²) < 4.78 is 34.8. The van der Waals surface area contributed by atoms with Crippen molar-refractivity contribution in [2.75, 3.05) is 96.1 Å². The van der Waals surface area contributed by atoms with Gasteiger partial charge in [-0.25, -0.2) is 0 Å². The number of aliphatic carboxylic acids is 1. The van der Waals surface area contributed by atoms with Gasteiger partial charge in [-0.2, -0.15) is 23.5 Å². The first-order valence-electron chi connectivity index (χ1n) is 20.5. The van der Waals surface area contributed by atoms with Gasteiger partial charge in [-0.15, -0.1) is 0 Å². The number of benzene rings is 1. The molecule has 3 N–H and O–H groups in total. The first-order valence-corrected chi connectivity index (χ1v) is 22.9. The summed E-state index contributed by atoms with van der Waals surface area (Å²) >= 11 is 3.28. The molecule has 14 heteroatoms. The quantitative estimate of drug-likeness (QED) is 0.0371. The van der Waals surface area contributed by atoms with Gasteiger partial charge in [0.1, 0.15) is 23.9 Å². The average molecular weight is 855 g/mol. The SMILES string of the molecule is CC/C=C(\C=C/C(C)C(c1cc(C(C)(C)C)c(OCC(=O)NCCSCCC(=O)O)cc1OCC(=O)NCCSCCC)C(C)(C)C)OCCOCCOCCOC. The predicted octanol–water partition coefficient (Wildman–Crippen LogP) is 7.64. The van der Waals surface area contributed by atoms with Crippen molar-refractivity contribution >= 4 is 41.3 Å². The monoisotopic (exact) mass is 854 g/mol. The van der Waals surface area contributed by atoms with Gasteiger partial charge in [0, 0.05) is 49.1 Å². The smallest absolute Gasteiger partial charge is 0.304 e. The molecule has 0 fully saturated rings. The topological polar surface area (TPSA) is 151 Å². The van der Waals surface area contributed by atoms with E-state index in [4.69, 9.17) is 33.5 Å². The molecule has 1 aromatic carbocycles. The van der Waals surface area contributed by atoms with E-state index in [1.165, 1.54) is 11.8 Å². The lowest BCUT2D eigenvalue weighted by atomic mass is 9.68. The molecule has 1 aromatic rings. The third-order valence-electron chi connectivity index (χ3n) is 8.65. The van der Waals surface area contributed by atoms with Crippen LogP contribution in [0.1, 0.15) is 98.6 Å². The van der Waals surface area contributed by atoms with Crippen LogP contribution in [0.4, 0.5) is 0 Å². The van der Waals surface area contributed by atoms with Crippen LogP contribution in [0.2, 0.25) is 0 Å². The normalized spacial score (nSPS) is 13.3. The number of hydrogen-bond donors (Lipinski definition) is 3. The van der Waals surface area contributed by atoms with Crippen LogP contribution >= 0.6 is 23.5 Å². The van der Waals surface area contributed by atoms with Crippen molar-refractivity contribution in [2.24, 2.45) is 11.3 Å². The fourth-order valence-electron chi connectivity index (χ4n) is 6.03. The van der Waals surface area contributed by atoms with Crippen LogP contribution in [-0.2, 0) is 38.7 Å². The predicted molar refractivity (Wildman–Crippen MR) is 238 cm³/mol. The lowest BCUT2D eigenvalue weighted by Gasteiger charge is -2.37. The second-order valence-corrected chi connectivity index (χ2v) is 18.4. The minimum Gasteiger partial charge on any atom is -0.492 e. The maximum Gasteiger partial charge on any atom is 0.304 e. The largest absolute Gasteiger partial charge is 0.492 e. The number of rotatable bonds is 32. The van der Waals surface area contributed by atoms with Crippen molar-refractivity contribution in [1.82, 2.24) is 10.6 Å². The maximum atomic E-state index is 13.0. The molecule has 332 valence electrons. The number of methoxy groups -OCH3 is 1. The summed E-state index contributed by atoms with van der Waals surface area (Å²) in [7, 11) is 1.64. The van der Waals surface area contributed by atoms with Crippen LogP contribution < -0.4 is 20.1 Å². The second-order valence-electron chi connectivity index (χ2n) is 15.9. The zero-order chi connectivity index (χ0) is 43.4. The number of thioether (sulfide) groups is 2. The molecular weight excluding hydrogens is 781 g/mol. The molecule has 1 rings (SSSR count). The standard InChI is InChI=1S/C44H74N2O10S2/c1-11-13-34(54-24-23-53-22-21-52-20-19-51-10)15-14-33(3)42(44(7,8)9)35-29-36(43(4,5)6)38(56-32-40(48)46-18-28-58-26-16-41(49)50)30-37(35)55-31-39(47)45-17-27-57-25-12-2/h13-15,29-30,33,42H,11-12,16-28,31-32H2,1-10H3,(H,45,47)(H,46,48)(H,49,50)/b15-14-,34-13+. The summed E-state index contributed by atoms with van der Waals surface area (Å²) in [6.45, 7) is 22.8. The maximum absolute atomic E-state index is 13.0. The van der Waals surface area contributed by atoms with Gasteiger partial charge in [0.25, 0.3) is 11.8 Å². The van der Waals surface area contributed by atoms with Gasteiger partial charge < -0.3 is 44.2 Å². The van der Waals surface area contributed by atoms with E-state index in [1.807, 2.05) is 12.1 Å². The Labute approximate surface area is 357 Å². The van der Waals surface area contributed by atoms with Crippen LogP contribution in [-0.4, -0.2) is 119 Å². The van der Waals surface area contributed by atoms with Crippen molar-refractivity contribution in [3.63, 3.8) is 0 Å². The molecule has 2 unspecified atom stereocenters. The molecule has 0 radical (unpaired) electrons. The molecule has 0 aliphatic heterocycles. The third-order valence-corrected chi connectivity index (χ3v) is 10.8. The first kappa shape index (κ1) is 53.1. The Bertz CT molecular complexity index is 1390. The van der Waals surface area contributed by atoms with Crippen molar-refractivity contribution in [1.29, 1.82) is 0 Å². The van der Waals surface area contributed by atoms with Gasteiger partial charge in [0.05, 0.1) is 39.5 Å². The molecule has 12 nitrogen and oxygen atoms in total. The lowest BCUT2D eigenvalue weighted by molar-refractivity contribution is -0.136. The number of ether oxygens (including phenoxy) is 6. The van der Waals surface area contributed by atoms with Crippen molar-refractivity contribution in [3.05, 3.63) is 47.2 Å². The Hall–Kier alpha value is -2.91. The summed E-state index contributed by atoms with van der Waals surface area (Å²) in [5, 5.41) is 14.7. The van der Waals surface area contributed by atoms with E-state index in [0.717, 1.165) is 41.2 Å². The second kappa shape index (κ2) is 30.2. The number of carbonyl (C=O) groups is 3. The van der Waals surface area contributed by atoms with E-state index in [0.29, 0.717) is 75.7 Å². The Morgan fingerprint density at radius 3 is 1.90 bits per heavy atom. The molecule has 0 spiro atoms. The number of carbonyl (C=O) groups excluding carboxylic acids is 2. The van der Waals surface area contributed by atoms with Crippen LogP contribution in [0, 0.1) is 11.3 Å². The summed E-state index contributed by atoms with van der Waals surface area (Å²) in [4.78, 5) is 36.6. The number of carboxylic acid groups (broad SMARTS) is 1. The summed E-state index contributed by atoms with van der Waals surface area (Å²) in [6, 6.07) is 3.95. The third kappa shape index (κ3) is 23.6. The summed E-state index contributed by atoms with van der Waals surface area (Å²) in [5.74, 6) is 3.38. The van der Waals surface area contributed by atoms with Gasteiger partial charge in [-0.1, -0.05) is 68.4 Å². The summed E-state index contributed by atoms with van der Waals surface area (Å²) in [5.41, 5.74) is 1.25. The van der Waals surface area contributed by atoms with E-state index in [9.17, 15) is 14.4 Å². The van der Waals surface area contributed by atoms with Crippen LogP contribution in [0.3, 0.4) is 0 Å². The number of nitrogens with one attached hydrogen (secondary N) is 2. The highest BCUT2D eigenvalue weighted by Gasteiger charge is 2.35. The van der Waals surface area contributed by atoms with Crippen LogP contribution in [0.25, 0.3) is 0 Å². The molecule has 58 heavy (non-hydrogen) atoms. The first-order chi connectivity index (χ1) is 27.5. The molecule has 0 saturated carbocycles. The fourth-order valence-corrected chi connectivity index (χ4v) is 7.54. The van der Waals surface area contributed by atoms with Crippen LogP contribution in [0.5, 0.6) is 11.5 Å². The molecule has 0 bridgehead atoms. The zero-order valence-corrected chi connectivity index (χ0v) is 38.6. The Morgan fingerprint density at radius 1 is 0.793 bits per heavy atom. The molecule has 0 aliphatic carbocycles. The summed E-state index contributed by atoms with van der Waals surface area (Å²) in [6.07, 6.45) is 8.21. The van der Waals surface area contributed by atoms with E-state index >= 15 is 0 Å². The highest BCUT2D eigenvalue weighted by molar-refractivity contribution is 7.99. The van der Waals surface area contributed by atoms with Crippen molar-refractivity contribution < 1.29 is 47.9 Å². The molecule has 0 saturated heterocycles. The minimum atomic E-state index is -0.839. The molecule has 0 aromatic heterocycles. The molecule has 0 aliphatic rings. The van der Waals surface area contributed by atoms with Crippen molar-refractivity contribution in [2.45, 2.75) is 92.9 Å². The number of allylic oxidation sites excluding steroid dienone is 3. The molecule has 2 atom stereocenters. The van der Waals surface area contributed by atoms with E-state index < -0.39 is 5.97 Å². The number of carboxylic acids is 1. The van der Waals surface area contributed by atoms with Gasteiger partial charge in [-0.05, 0) is 65.0 Å². The van der Waals surface area contributed by atoms with E-state index in [-0.39, 0.29) is 54.1 Å². The Morgan fingerprint density at radius 2 is 1.36 bits per heavy atom. The number of amides is 2. The van der Waals surface area contributed by atoms with E-state index in [2.05, 4.69) is 91.2 Å². The van der Waals surface area contributed by atoms with Gasteiger partial charge in [0.2, 0.25) is 0 Å². The van der Waals surface area contributed by atoms with Gasteiger partial charge >= 0.3 is 5.97 Å². The Kier molecular flexibility index (Phi) is 27.6. The molecular formula is C44H74N2O10S2. The molecule has 0 heterocycles. The number of hydrogen-bond acceptors (Lipinski definition) is 11. The van der Waals surface area contributed by atoms with Gasteiger partial charge in [0.15, 0.2) is 13.2 Å². The van der Waals surface area contributed by atoms with Crippen LogP contribution in [0.15, 0.2) is 36.1 Å². The fraction of sp³-hybridized carbons (Fsp3) is 0.705. The van der Waals surface area contributed by atoms with Gasteiger partial charge in [-0.3, -0.25) is 14.4 Å². The highest BCUT2D eigenvalue weighted by Crippen LogP contribution is 2.48. The lowest BCUT2D eigenvalue weighted by Crippen LogP contribution is -2.32. The minimum absolute atomic E-state index is 0.00913. The average Bonchev–Trinajstić information content (AvgIpc) is 3.15. The zero-order valence-electron chi connectivity index (χ0n) is 37.0.